The molecule has 0 aliphatic carbocycles. The van der Waals surface area contributed by atoms with Crippen molar-refractivity contribution in [2.45, 2.75) is 129 Å². The van der Waals surface area contributed by atoms with Crippen molar-refractivity contribution < 1.29 is 19.0 Å². The van der Waals surface area contributed by atoms with E-state index in [1.165, 1.54) is 83.5 Å². The number of hydrogen-bond acceptors (Lipinski definition) is 4. The fraction of sp³-hybridized carbons (Fsp3) is 0.525. The second kappa shape index (κ2) is 19.2. The molecule has 0 spiro atoms. The highest BCUT2D eigenvalue weighted by Gasteiger charge is 2.21. The zero-order valence-corrected chi connectivity index (χ0v) is 27.3. The standard InChI is InChI=1S/C40H54O4/c1-3-5-7-9-10-11-12-13-14-16-30-42-36-24-18-32(19-25-36)33-20-26-38(27-21-33)44-40(41)35-23-29-39-34(31-35)22-28-37(43-39)17-15-8-6-4-2/h18-21,23-27,29,31,37H,3-17,22,28,30H2,1-2H3. The molecular formula is C40H54O4. The molecule has 0 saturated heterocycles. The van der Waals surface area contributed by atoms with Crippen molar-refractivity contribution >= 4 is 5.97 Å². The Labute approximate surface area is 266 Å². The smallest absolute Gasteiger partial charge is 0.343 e. The molecule has 4 nitrogen and oxygen atoms in total. The van der Waals surface area contributed by atoms with Gasteiger partial charge in [-0.05, 0) is 91.3 Å². The van der Waals surface area contributed by atoms with Gasteiger partial charge < -0.3 is 14.2 Å². The van der Waals surface area contributed by atoms with Gasteiger partial charge in [0.15, 0.2) is 0 Å². The average Bonchev–Trinajstić information content (AvgIpc) is 3.06. The lowest BCUT2D eigenvalue weighted by molar-refractivity contribution is 0.0734. The van der Waals surface area contributed by atoms with Crippen LogP contribution in [0.4, 0.5) is 0 Å². The van der Waals surface area contributed by atoms with Crippen molar-refractivity contribution in [3.8, 4) is 28.4 Å². The number of unbranched alkanes of at least 4 members (excludes halogenated alkanes) is 12. The maximum Gasteiger partial charge on any atom is 0.343 e. The van der Waals surface area contributed by atoms with Crippen molar-refractivity contribution in [1.29, 1.82) is 0 Å². The molecule has 1 atom stereocenters. The van der Waals surface area contributed by atoms with Gasteiger partial charge in [-0.1, -0.05) is 115 Å². The fourth-order valence-electron chi connectivity index (χ4n) is 5.98. The summed E-state index contributed by atoms with van der Waals surface area (Å²) in [7, 11) is 0. The first-order chi connectivity index (χ1) is 21.7. The highest BCUT2D eigenvalue weighted by atomic mass is 16.5. The molecule has 3 aromatic carbocycles. The predicted octanol–water partition coefficient (Wildman–Crippen LogP) is 11.5. The van der Waals surface area contributed by atoms with Crippen LogP contribution in [-0.4, -0.2) is 18.7 Å². The van der Waals surface area contributed by atoms with Crippen LogP contribution in [0, 0.1) is 0 Å². The Bertz CT molecular complexity index is 1230. The molecule has 4 heteroatoms. The van der Waals surface area contributed by atoms with Gasteiger partial charge >= 0.3 is 5.97 Å². The molecule has 0 saturated carbocycles. The largest absolute Gasteiger partial charge is 0.494 e. The number of esters is 1. The van der Waals surface area contributed by atoms with E-state index in [-0.39, 0.29) is 12.1 Å². The number of fused-ring (bicyclic) bond motifs is 1. The van der Waals surface area contributed by atoms with Crippen LogP contribution in [0.2, 0.25) is 0 Å². The number of hydrogen-bond donors (Lipinski definition) is 0. The molecule has 44 heavy (non-hydrogen) atoms. The summed E-state index contributed by atoms with van der Waals surface area (Å²) in [4.78, 5) is 12.9. The van der Waals surface area contributed by atoms with Gasteiger partial charge in [-0.2, -0.15) is 0 Å². The molecule has 4 rings (SSSR count). The monoisotopic (exact) mass is 598 g/mol. The van der Waals surface area contributed by atoms with Gasteiger partial charge in [0.2, 0.25) is 0 Å². The Hall–Kier alpha value is -3.27. The van der Waals surface area contributed by atoms with Crippen LogP contribution < -0.4 is 14.2 Å². The quantitative estimate of drug-likeness (QED) is 0.0737. The van der Waals surface area contributed by atoms with Gasteiger partial charge in [0, 0.05) is 0 Å². The van der Waals surface area contributed by atoms with Crippen LogP contribution in [0.15, 0.2) is 66.7 Å². The first-order valence-corrected chi connectivity index (χ1v) is 17.5. The van der Waals surface area contributed by atoms with Crippen molar-refractivity contribution in [3.05, 3.63) is 77.9 Å². The van der Waals surface area contributed by atoms with Crippen molar-refractivity contribution in [3.63, 3.8) is 0 Å². The Morgan fingerprint density at radius 3 is 1.89 bits per heavy atom. The second-order valence-electron chi connectivity index (χ2n) is 12.4. The van der Waals surface area contributed by atoms with Crippen LogP contribution in [0.1, 0.15) is 133 Å². The zero-order valence-electron chi connectivity index (χ0n) is 27.3. The maximum absolute atomic E-state index is 12.9. The molecule has 0 bridgehead atoms. The number of ether oxygens (including phenoxy) is 3. The summed E-state index contributed by atoms with van der Waals surface area (Å²) in [5.41, 5.74) is 3.83. The van der Waals surface area contributed by atoms with Gasteiger partial charge in [-0.25, -0.2) is 4.79 Å². The number of rotatable bonds is 20. The lowest BCUT2D eigenvalue weighted by atomic mass is 9.97. The number of carbonyl (C=O) groups is 1. The third-order valence-electron chi connectivity index (χ3n) is 8.72. The highest BCUT2D eigenvalue weighted by Crippen LogP contribution is 2.31. The molecule has 1 aliphatic heterocycles. The summed E-state index contributed by atoms with van der Waals surface area (Å²) < 4.78 is 17.9. The Morgan fingerprint density at radius 2 is 1.25 bits per heavy atom. The van der Waals surface area contributed by atoms with Crippen LogP contribution in [0.25, 0.3) is 11.1 Å². The van der Waals surface area contributed by atoms with E-state index in [2.05, 4.69) is 26.0 Å². The molecule has 0 radical (unpaired) electrons. The predicted molar refractivity (Wildman–Crippen MR) is 182 cm³/mol. The van der Waals surface area contributed by atoms with E-state index in [9.17, 15) is 4.79 Å². The van der Waals surface area contributed by atoms with Crippen LogP contribution in [0.3, 0.4) is 0 Å². The maximum atomic E-state index is 12.9. The van der Waals surface area contributed by atoms with Gasteiger partial charge in [0.05, 0.1) is 18.3 Å². The first kappa shape index (κ1) is 33.6. The third kappa shape index (κ3) is 11.3. The number of aryl methyl sites for hydroxylation is 1. The van der Waals surface area contributed by atoms with E-state index in [0.717, 1.165) is 60.5 Å². The zero-order chi connectivity index (χ0) is 30.8. The molecule has 238 valence electrons. The Kier molecular flexibility index (Phi) is 14.7. The molecule has 1 aliphatic rings. The third-order valence-corrected chi connectivity index (χ3v) is 8.72. The summed E-state index contributed by atoms with van der Waals surface area (Å²) in [6.45, 7) is 5.28. The SMILES string of the molecule is CCCCCCCCCCCCOc1ccc(-c2ccc(OC(=O)c3ccc4c(c3)CCC(CCCCCC)O4)cc2)cc1. The van der Waals surface area contributed by atoms with Crippen molar-refractivity contribution in [2.24, 2.45) is 0 Å². The average molecular weight is 599 g/mol. The van der Waals surface area contributed by atoms with Gasteiger partial charge in [0.25, 0.3) is 0 Å². The molecular weight excluding hydrogens is 544 g/mol. The minimum atomic E-state index is -0.342. The molecule has 1 unspecified atom stereocenters. The molecule has 0 amide bonds. The molecule has 3 aromatic rings. The van der Waals surface area contributed by atoms with Crippen LogP contribution in [0.5, 0.6) is 17.2 Å². The molecule has 0 N–H and O–H groups in total. The van der Waals surface area contributed by atoms with E-state index in [1.807, 2.05) is 54.6 Å². The summed E-state index contributed by atoms with van der Waals surface area (Å²) in [6.07, 6.45) is 21.6. The van der Waals surface area contributed by atoms with E-state index in [4.69, 9.17) is 14.2 Å². The van der Waals surface area contributed by atoms with Gasteiger partial charge in [-0.15, -0.1) is 0 Å². The topological polar surface area (TPSA) is 44.8 Å². The van der Waals surface area contributed by atoms with Crippen molar-refractivity contribution in [2.75, 3.05) is 6.61 Å². The van der Waals surface area contributed by atoms with Gasteiger partial charge in [0.1, 0.15) is 17.2 Å². The Morgan fingerprint density at radius 1 is 0.682 bits per heavy atom. The summed E-state index contributed by atoms with van der Waals surface area (Å²) in [6, 6.07) is 21.6. The fourth-order valence-corrected chi connectivity index (χ4v) is 5.98. The highest BCUT2D eigenvalue weighted by molar-refractivity contribution is 5.91. The molecule has 0 aromatic heterocycles. The van der Waals surface area contributed by atoms with E-state index >= 15 is 0 Å². The van der Waals surface area contributed by atoms with E-state index in [1.54, 1.807) is 0 Å². The molecule has 1 heterocycles. The normalized spacial score (nSPS) is 14.1. The van der Waals surface area contributed by atoms with Gasteiger partial charge in [-0.3, -0.25) is 0 Å². The number of carbonyl (C=O) groups excluding carboxylic acids is 1. The first-order valence-electron chi connectivity index (χ1n) is 17.5. The lowest BCUT2D eigenvalue weighted by Crippen LogP contribution is -2.23. The van der Waals surface area contributed by atoms with Crippen LogP contribution >= 0.6 is 0 Å². The summed E-state index contributed by atoms with van der Waals surface area (Å²) in [5, 5.41) is 0. The van der Waals surface area contributed by atoms with E-state index < -0.39 is 0 Å². The lowest BCUT2D eigenvalue weighted by Gasteiger charge is -2.26. The Balaban J connectivity index is 1.16. The second-order valence-corrected chi connectivity index (χ2v) is 12.4. The summed E-state index contributed by atoms with van der Waals surface area (Å²) in [5.74, 6) is 2.02. The van der Waals surface area contributed by atoms with Crippen molar-refractivity contribution in [1.82, 2.24) is 0 Å². The van der Waals surface area contributed by atoms with E-state index in [0.29, 0.717) is 11.3 Å². The minimum absolute atomic E-state index is 0.286. The molecule has 0 fully saturated rings. The summed E-state index contributed by atoms with van der Waals surface area (Å²) >= 11 is 0. The number of benzene rings is 3. The van der Waals surface area contributed by atoms with Crippen LogP contribution in [-0.2, 0) is 6.42 Å². The minimum Gasteiger partial charge on any atom is -0.494 e.